The lowest BCUT2D eigenvalue weighted by atomic mass is 10.1. The smallest absolute Gasteiger partial charge is 0.336 e. The summed E-state index contributed by atoms with van der Waals surface area (Å²) in [7, 11) is 0. The van der Waals surface area contributed by atoms with Crippen LogP contribution >= 0.6 is 0 Å². The predicted octanol–water partition coefficient (Wildman–Crippen LogP) is 3.78. The zero-order valence-electron chi connectivity index (χ0n) is 14.8. The summed E-state index contributed by atoms with van der Waals surface area (Å²) in [6, 6.07) is 8.31. The van der Waals surface area contributed by atoms with E-state index in [1.807, 2.05) is 6.92 Å². The average molecular weight is 353 g/mol. The summed E-state index contributed by atoms with van der Waals surface area (Å²) in [5.74, 6) is 0.906. The molecule has 0 spiro atoms. The normalized spacial score (nSPS) is 10.9. The molecule has 3 aromatic rings. The minimum atomic E-state index is -0.423. The van der Waals surface area contributed by atoms with Gasteiger partial charge in [-0.15, -0.1) is 0 Å². The lowest BCUT2D eigenvalue weighted by Gasteiger charge is -2.06. The molecule has 0 radical (unpaired) electrons. The molecule has 134 valence electrons. The maximum Gasteiger partial charge on any atom is 0.336 e. The highest BCUT2D eigenvalue weighted by Gasteiger charge is 2.13. The van der Waals surface area contributed by atoms with Gasteiger partial charge in [-0.05, 0) is 44.5 Å². The lowest BCUT2D eigenvalue weighted by molar-refractivity contribution is -0.116. The largest absolute Gasteiger partial charge is 0.466 e. The fourth-order valence-corrected chi connectivity index (χ4v) is 2.88. The van der Waals surface area contributed by atoms with Crippen molar-refractivity contribution < 1.29 is 18.4 Å². The van der Waals surface area contributed by atoms with Gasteiger partial charge in [0.15, 0.2) is 5.78 Å². The summed E-state index contributed by atoms with van der Waals surface area (Å²) in [4.78, 5) is 35.1. The van der Waals surface area contributed by atoms with Crippen molar-refractivity contribution in [3.63, 3.8) is 0 Å². The highest BCUT2D eigenvalue weighted by molar-refractivity contribution is 5.95. The van der Waals surface area contributed by atoms with Gasteiger partial charge in [0, 0.05) is 36.0 Å². The van der Waals surface area contributed by atoms with Crippen LogP contribution in [-0.2, 0) is 11.2 Å². The number of hydrogen-bond donors (Lipinski definition) is 1. The van der Waals surface area contributed by atoms with Crippen molar-refractivity contribution in [2.45, 2.75) is 33.6 Å². The molecule has 2 heterocycles. The second-order valence-corrected chi connectivity index (χ2v) is 6.25. The molecule has 6 heteroatoms. The number of ketones is 1. The van der Waals surface area contributed by atoms with Crippen LogP contribution in [0.25, 0.3) is 11.0 Å². The van der Waals surface area contributed by atoms with Gasteiger partial charge in [-0.3, -0.25) is 9.59 Å². The van der Waals surface area contributed by atoms with Crippen LogP contribution in [0.4, 0.5) is 5.69 Å². The van der Waals surface area contributed by atoms with Gasteiger partial charge in [0.2, 0.25) is 5.91 Å². The first kappa shape index (κ1) is 17.7. The molecule has 2 aromatic heterocycles. The zero-order valence-corrected chi connectivity index (χ0v) is 14.8. The Kier molecular flexibility index (Phi) is 4.75. The van der Waals surface area contributed by atoms with Crippen molar-refractivity contribution in [1.29, 1.82) is 0 Å². The van der Waals surface area contributed by atoms with E-state index in [0.717, 1.165) is 10.9 Å². The average Bonchev–Trinajstić information content (AvgIpc) is 2.93. The number of anilines is 1. The molecule has 6 nitrogen and oxygen atoms in total. The van der Waals surface area contributed by atoms with E-state index in [2.05, 4.69) is 5.32 Å². The maximum absolute atomic E-state index is 12.2. The molecule has 1 N–H and O–H groups in total. The Morgan fingerprint density at radius 2 is 1.85 bits per heavy atom. The third-order valence-electron chi connectivity index (χ3n) is 4.18. The first-order valence-electron chi connectivity index (χ1n) is 8.28. The number of amides is 1. The van der Waals surface area contributed by atoms with E-state index in [4.69, 9.17) is 8.83 Å². The van der Waals surface area contributed by atoms with Crippen molar-refractivity contribution in [3.8, 4) is 0 Å². The number of aryl methyl sites for hydroxylation is 3. The zero-order chi connectivity index (χ0) is 18.8. The van der Waals surface area contributed by atoms with Crippen LogP contribution in [0, 0.1) is 13.8 Å². The van der Waals surface area contributed by atoms with Crippen molar-refractivity contribution in [1.82, 2.24) is 0 Å². The Hall–Kier alpha value is -3.15. The van der Waals surface area contributed by atoms with Crippen molar-refractivity contribution in [3.05, 3.63) is 63.4 Å². The number of fused-ring (bicyclic) bond motifs is 1. The quantitative estimate of drug-likeness (QED) is 0.557. The monoisotopic (exact) mass is 353 g/mol. The molecule has 26 heavy (non-hydrogen) atoms. The highest BCUT2D eigenvalue weighted by atomic mass is 16.4. The molecule has 0 aliphatic carbocycles. The van der Waals surface area contributed by atoms with Gasteiger partial charge in [-0.1, -0.05) is 0 Å². The number of furan rings is 1. The van der Waals surface area contributed by atoms with Gasteiger partial charge in [0.25, 0.3) is 0 Å². The van der Waals surface area contributed by atoms with Crippen molar-refractivity contribution in [2.75, 3.05) is 5.32 Å². The lowest BCUT2D eigenvalue weighted by Crippen LogP contribution is -2.12. The second-order valence-electron chi connectivity index (χ2n) is 6.25. The Bertz CT molecular complexity index is 1060. The van der Waals surface area contributed by atoms with Gasteiger partial charge < -0.3 is 14.2 Å². The molecule has 0 saturated heterocycles. The number of carbonyl (C=O) groups excluding carboxylic acids is 2. The molecule has 1 amide bonds. The molecule has 0 aliphatic rings. The van der Waals surface area contributed by atoms with Crippen molar-refractivity contribution >= 4 is 28.3 Å². The standard InChI is InChI=1S/C20H19NO5/c1-11-8-20(24)26-18-9-14(4-6-16(11)18)21-19(23)7-5-15-10-17(12(2)22)13(3)25-15/h4,6,8-10H,5,7H2,1-3H3,(H,21,23). The van der Waals surface area contributed by atoms with Gasteiger partial charge in [-0.25, -0.2) is 4.79 Å². The molecule has 0 unspecified atom stereocenters. The van der Waals surface area contributed by atoms with Gasteiger partial charge in [-0.2, -0.15) is 0 Å². The minimum Gasteiger partial charge on any atom is -0.466 e. The number of carbonyl (C=O) groups is 2. The van der Waals surface area contributed by atoms with Crippen LogP contribution in [0.5, 0.6) is 0 Å². The Labute approximate surface area is 149 Å². The third kappa shape index (κ3) is 3.74. The summed E-state index contributed by atoms with van der Waals surface area (Å²) in [5, 5.41) is 3.60. The molecule has 1 aromatic carbocycles. The molecule has 0 aliphatic heterocycles. The first-order chi connectivity index (χ1) is 12.3. The van der Waals surface area contributed by atoms with Crippen LogP contribution in [0.3, 0.4) is 0 Å². The van der Waals surface area contributed by atoms with Crippen LogP contribution < -0.4 is 10.9 Å². The number of rotatable bonds is 5. The first-order valence-corrected chi connectivity index (χ1v) is 8.28. The maximum atomic E-state index is 12.2. The van der Waals surface area contributed by atoms with Crippen LogP contribution in [0.2, 0.25) is 0 Å². The molecule has 0 fully saturated rings. The molecular weight excluding hydrogens is 334 g/mol. The Morgan fingerprint density at radius 3 is 2.54 bits per heavy atom. The Balaban J connectivity index is 1.68. The summed E-state index contributed by atoms with van der Waals surface area (Å²) in [6.07, 6.45) is 0.599. The second kappa shape index (κ2) is 7.00. The van der Waals surface area contributed by atoms with Gasteiger partial charge >= 0.3 is 5.63 Å². The number of Topliss-reactive ketones (excluding diaryl/α,β-unsaturated/α-hetero) is 1. The summed E-state index contributed by atoms with van der Waals surface area (Å²) in [5.41, 5.74) is 1.92. The predicted molar refractivity (Wildman–Crippen MR) is 97.6 cm³/mol. The van der Waals surface area contributed by atoms with E-state index in [1.54, 1.807) is 31.2 Å². The van der Waals surface area contributed by atoms with E-state index in [1.165, 1.54) is 13.0 Å². The third-order valence-corrected chi connectivity index (χ3v) is 4.18. The molecular formula is C20H19NO5. The minimum absolute atomic E-state index is 0.0603. The van der Waals surface area contributed by atoms with Crippen molar-refractivity contribution in [2.24, 2.45) is 0 Å². The Morgan fingerprint density at radius 1 is 1.08 bits per heavy atom. The van der Waals surface area contributed by atoms with Crippen LogP contribution in [-0.4, -0.2) is 11.7 Å². The molecule has 3 rings (SSSR count). The summed E-state index contributed by atoms with van der Waals surface area (Å²) in [6.45, 7) is 5.04. The summed E-state index contributed by atoms with van der Waals surface area (Å²) >= 11 is 0. The van der Waals surface area contributed by atoms with E-state index in [-0.39, 0.29) is 18.1 Å². The van der Waals surface area contributed by atoms with Crippen LogP contribution in [0.15, 0.2) is 44.0 Å². The fraction of sp³-hybridized carbons (Fsp3) is 0.250. The number of nitrogens with one attached hydrogen (secondary N) is 1. The van der Waals surface area contributed by atoms with E-state index in [9.17, 15) is 14.4 Å². The summed E-state index contributed by atoms with van der Waals surface area (Å²) < 4.78 is 10.7. The van der Waals surface area contributed by atoms with Gasteiger partial charge in [0.05, 0.1) is 5.56 Å². The SMILES string of the molecule is CC(=O)c1cc(CCC(=O)Nc2ccc3c(C)cc(=O)oc3c2)oc1C. The molecule has 0 saturated carbocycles. The molecule has 0 bridgehead atoms. The van der Waals surface area contributed by atoms with E-state index in [0.29, 0.717) is 34.8 Å². The fourth-order valence-electron chi connectivity index (χ4n) is 2.88. The molecule has 0 atom stereocenters. The highest BCUT2D eigenvalue weighted by Crippen LogP contribution is 2.21. The number of hydrogen-bond acceptors (Lipinski definition) is 5. The topological polar surface area (TPSA) is 89.5 Å². The number of benzene rings is 1. The van der Waals surface area contributed by atoms with E-state index < -0.39 is 5.63 Å². The van der Waals surface area contributed by atoms with Crippen LogP contribution in [0.1, 0.15) is 40.8 Å². The van der Waals surface area contributed by atoms with E-state index >= 15 is 0 Å². The van der Waals surface area contributed by atoms with Gasteiger partial charge in [0.1, 0.15) is 17.1 Å².